The highest BCUT2D eigenvalue weighted by atomic mass is 35.5. The highest BCUT2D eigenvalue weighted by molar-refractivity contribution is 7.99. The molecule has 2 aliphatic rings. The van der Waals surface area contributed by atoms with Crippen molar-refractivity contribution < 1.29 is 4.79 Å². The summed E-state index contributed by atoms with van der Waals surface area (Å²) in [5.41, 5.74) is 0.731. The van der Waals surface area contributed by atoms with Crippen LogP contribution in [0.1, 0.15) is 32.6 Å². The number of H-pyrrole nitrogens is 1. The fourth-order valence-corrected chi connectivity index (χ4v) is 5.66. The number of fused-ring (bicyclic) bond motifs is 2. The van der Waals surface area contributed by atoms with Crippen LogP contribution in [0.4, 0.5) is 0 Å². The van der Waals surface area contributed by atoms with Crippen molar-refractivity contribution >= 4 is 40.9 Å². The van der Waals surface area contributed by atoms with Gasteiger partial charge in [-0.1, -0.05) is 41.4 Å². The summed E-state index contributed by atoms with van der Waals surface area (Å²) < 4.78 is 0. The predicted octanol–water partition coefficient (Wildman–Crippen LogP) is 4.81. The van der Waals surface area contributed by atoms with E-state index in [1.54, 1.807) is 18.2 Å². The molecule has 1 amide bonds. The Labute approximate surface area is 173 Å². The second kappa shape index (κ2) is 8.02. The number of amides is 1. The molecule has 1 aromatic heterocycles. The minimum Gasteiger partial charge on any atom is -0.353 e. The van der Waals surface area contributed by atoms with E-state index in [1.807, 2.05) is 0 Å². The SMILES string of the molecule is C[C@H](NC(=O)CSc1n[nH]c(-c2ccc(Cl)cc2Cl)n1)[C@H]1C[C@H]2CC[C@H]1C2. The first-order valence-electron chi connectivity index (χ1n) is 9.29. The van der Waals surface area contributed by atoms with Gasteiger partial charge in [-0.15, -0.1) is 5.10 Å². The lowest BCUT2D eigenvalue weighted by atomic mass is 9.84. The molecule has 0 unspecified atom stereocenters. The molecule has 2 fully saturated rings. The monoisotopic (exact) mass is 424 g/mol. The van der Waals surface area contributed by atoms with Crippen molar-refractivity contribution in [3.8, 4) is 11.4 Å². The van der Waals surface area contributed by atoms with Gasteiger partial charge in [0.2, 0.25) is 11.1 Å². The van der Waals surface area contributed by atoms with Crippen LogP contribution in [0.2, 0.25) is 10.0 Å². The molecule has 2 aromatic rings. The van der Waals surface area contributed by atoms with Crippen LogP contribution >= 0.6 is 35.0 Å². The molecular formula is C19H22Cl2N4OS. The standard InChI is InChI=1S/C19H22Cl2N4OS/c1-10(15-7-11-2-3-12(15)6-11)22-17(26)9-27-19-23-18(24-25-19)14-5-4-13(20)8-16(14)21/h4-5,8,10-12,15H,2-3,6-7,9H2,1H3,(H,22,26)(H,23,24,25)/t10-,11-,12-,15+/m0/s1. The second-order valence-electron chi connectivity index (χ2n) is 7.57. The van der Waals surface area contributed by atoms with Crippen molar-refractivity contribution in [1.29, 1.82) is 0 Å². The molecule has 0 saturated heterocycles. The smallest absolute Gasteiger partial charge is 0.230 e. The Morgan fingerprint density at radius 1 is 1.37 bits per heavy atom. The first kappa shape index (κ1) is 19.1. The van der Waals surface area contributed by atoms with Crippen LogP contribution in [0.25, 0.3) is 11.4 Å². The number of halogens is 2. The summed E-state index contributed by atoms with van der Waals surface area (Å²) in [5, 5.41) is 11.8. The molecule has 0 aliphatic heterocycles. The average molecular weight is 425 g/mol. The predicted molar refractivity (Wildman–Crippen MR) is 109 cm³/mol. The lowest BCUT2D eigenvalue weighted by Gasteiger charge is -2.28. The number of aromatic nitrogens is 3. The fourth-order valence-electron chi connectivity index (χ4n) is 4.55. The number of hydrogen-bond acceptors (Lipinski definition) is 4. The third-order valence-electron chi connectivity index (χ3n) is 5.81. The zero-order valence-electron chi connectivity index (χ0n) is 15.0. The van der Waals surface area contributed by atoms with Crippen molar-refractivity contribution in [3.63, 3.8) is 0 Å². The van der Waals surface area contributed by atoms with E-state index in [9.17, 15) is 4.79 Å². The lowest BCUT2D eigenvalue weighted by molar-refractivity contribution is -0.119. The van der Waals surface area contributed by atoms with E-state index in [2.05, 4.69) is 27.4 Å². The molecular weight excluding hydrogens is 403 g/mol. The maximum Gasteiger partial charge on any atom is 0.230 e. The van der Waals surface area contributed by atoms with Gasteiger partial charge in [0.05, 0.1) is 10.8 Å². The Morgan fingerprint density at radius 3 is 2.93 bits per heavy atom. The van der Waals surface area contributed by atoms with Crippen molar-refractivity contribution in [2.75, 3.05) is 5.75 Å². The van der Waals surface area contributed by atoms with E-state index in [4.69, 9.17) is 23.2 Å². The molecule has 1 aromatic carbocycles. The molecule has 4 atom stereocenters. The van der Waals surface area contributed by atoms with Crippen LogP contribution in [-0.2, 0) is 4.79 Å². The Balaban J connectivity index is 1.30. The van der Waals surface area contributed by atoms with Gasteiger partial charge < -0.3 is 5.32 Å². The fraction of sp³-hybridized carbons (Fsp3) is 0.526. The maximum atomic E-state index is 12.3. The first-order chi connectivity index (χ1) is 13.0. The zero-order chi connectivity index (χ0) is 19.0. The highest BCUT2D eigenvalue weighted by Crippen LogP contribution is 2.49. The Hall–Kier alpha value is -1.24. The average Bonchev–Trinajstić information content (AvgIpc) is 3.36. The molecule has 1 heterocycles. The van der Waals surface area contributed by atoms with E-state index in [-0.39, 0.29) is 11.9 Å². The van der Waals surface area contributed by atoms with Gasteiger partial charge in [-0.2, -0.15) is 0 Å². The van der Waals surface area contributed by atoms with E-state index >= 15 is 0 Å². The molecule has 5 nitrogen and oxygen atoms in total. The third kappa shape index (κ3) is 4.28. The summed E-state index contributed by atoms with van der Waals surface area (Å²) in [6.45, 7) is 2.14. The third-order valence-corrected chi connectivity index (χ3v) is 7.20. The number of aromatic amines is 1. The molecule has 0 radical (unpaired) electrons. The van der Waals surface area contributed by atoms with Crippen molar-refractivity contribution in [2.24, 2.45) is 17.8 Å². The van der Waals surface area contributed by atoms with Crippen molar-refractivity contribution in [2.45, 2.75) is 43.8 Å². The van der Waals surface area contributed by atoms with Crippen molar-refractivity contribution in [3.05, 3.63) is 28.2 Å². The molecule has 27 heavy (non-hydrogen) atoms. The number of nitrogens with zero attached hydrogens (tertiary/aromatic N) is 2. The summed E-state index contributed by atoms with van der Waals surface area (Å²) in [6, 6.07) is 5.45. The van der Waals surface area contributed by atoms with Crippen LogP contribution in [0, 0.1) is 17.8 Å². The lowest BCUT2D eigenvalue weighted by Crippen LogP contribution is -2.40. The normalized spacial score (nSPS) is 24.9. The Kier molecular flexibility index (Phi) is 5.67. The van der Waals surface area contributed by atoms with Crippen LogP contribution in [0.3, 0.4) is 0 Å². The summed E-state index contributed by atoms with van der Waals surface area (Å²) in [4.78, 5) is 16.7. The molecule has 2 N–H and O–H groups in total. The van der Waals surface area contributed by atoms with Gasteiger partial charge in [0.15, 0.2) is 5.82 Å². The number of carbonyl (C=O) groups is 1. The summed E-state index contributed by atoms with van der Waals surface area (Å²) in [7, 11) is 0. The second-order valence-corrected chi connectivity index (χ2v) is 9.36. The van der Waals surface area contributed by atoms with E-state index in [1.165, 1.54) is 37.4 Å². The molecule has 144 valence electrons. The first-order valence-corrected chi connectivity index (χ1v) is 11.0. The van der Waals surface area contributed by atoms with Gasteiger partial charge in [0.1, 0.15) is 0 Å². The van der Waals surface area contributed by atoms with E-state index < -0.39 is 0 Å². The Morgan fingerprint density at radius 2 is 2.22 bits per heavy atom. The minimum absolute atomic E-state index is 0.0335. The highest BCUT2D eigenvalue weighted by Gasteiger charge is 2.42. The summed E-state index contributed by atoms with van der Waals surface area (Å²) in [6.07, 6.45) is 5.33. The van der Waals surface area contributed by atoms with Gasteiger partial charge in [0, 0.05) is 16.6 Å². The minimum atomic E-state index is 0.0335. The molecule has 8 heteroatoms. The van der Waals surface area contributed by atoms with Gasteiger partial charge in [-0.05, 0) is 62.1 Å². The number of carbonyl (C=O) groups excluding carboxylic acids is 1. The molecule has 2 bridgehead atoms. The number of nitrogens with one attached hydrogen (secondary N) is 2. The van der Waals surface area contributed by atoms with Crippen LogP contribution in [0.15, 0.2) is 23.4 Å². The van der Waals surface area contributed by atoms with Gasteiger partial charge >= 0.3 is 0 Å². The summed E-state index contributed by atoms with van der Waals surface area (Å²) in [5.74, 6) is 3.23. The van der Waals surface area contributed by atoms with Crippen LogP contribution in [0.5, 0.6) is 0 Å². The molecule has 2 aliphatic carbocycles. The number of thioether (sulfide) groups is 1. The van der Waals surface area contributed by atoms with Gasteiger partial charge in [-0.3, -0.25) is 9.89 Å². The largest absolute Gasteiger partial charge is 0.353 e. The van der Waals surface area contributed by atoms with Crippen LogP contribution in [-0.4, -0.2) is 32.9 Å². The van der Waals surface area contributed by atoms with E-state index in [0.717, 1.165) is 17.4 Å². The summed E-state index contributed by atoms with van der Waals surface area (Å²) >= 11 is 13.4. The molecule has 4 rings (SSSR count). The van der Waals surface area contributed by atoms with Gasteiger partial charge in [0.25, 0.3) is 0 Å². The zero-order valence-corrected chi connectivity index (χ0v) is 17.4. The van der Waals surface area contributed by atoms with Crippen molar-refractivity contribution in [1.82, 2.24) is 20.5 Å². The number of benzene rings is 1. The number of hydrogen-bond donors (Lipinski definition) is 2. The number of rotatable bonds is 6. The molecule has 2 saturated carbocycles. The quantitative estimate of drug-likeness (QED) is 0.652. The topological polar surface area (TPSA) is 70.7 Å². The molecule has 0 spiro atoms. The van der Waals surface area contributed by atoms with Crippen LogP contribution < -0.4 is 5.32 Å². The van der Waals surface area contributed by atoms with Gasteiger partial charge in [-0.25, -0.2) is 4.98 Å². The van der Waals surface area contributed by atoms with E-state index in [0.29, 0.717) is 32.7 Å². The maximum absolute atomic E-state index is 12.3. The Bertz CT molecular complexity index is 843.